The lowest BCUT2D eigenvalue weighted by Gasteiger charge is -2.30. The first kappa shape index (κ1) is 12.4. The molecule has 3 nitrogen and oxygen atoms in total. The fraction of sp³-hybridized carbons (Fsp3) is 0.455. The molecule has 2 atom stereocenters. The van der Waals surface area contributed by atoms with Crippen LogP contribution in [0.25, 0.3) is 0 Å². The van der Waals surface area contributed by atoms with E-state index in [9.17, 15) is 14.6 Å². The highest BCUT2D eigenvalue weighted by molar-refractivity contribution is 7.59. The Labute approximate surface area is 90.2 Å². The van der Waals surface area contributed by atoms with E-state index in [4.69, 9.17) is 0 Å². The van der Waals surface area contributed by atoms with E-state index in [2.05, 4.69) is 0 Å². The quantitative estimate of drug-likeness (QED) is 0.765. The maximum Gasteiger partial charge on any atom is 0.237 e. The van der Waals surface area contributed by atoms with Crippen LogP contribution in [0.3, 0.4) is 0 Å². The zero-order valence-electron chi connectivity index (χ0n) is 9.21. The van der Waals surface area contributed by atoms with Crippen LogP contribution in [-0.2, 0) is 4.57 Å². The van der Waals surface area contributed by atoms with Crippen molar-refractivity contribution in [2.24, 2.45) is 0 Å². The van der Waals surface area contributed by atoms with Gasteiger partial charge >= 0.3 is 0 Å². The Balaban J connectivity index is 3.06. The van der Waals surface area contributed by atoms with Crippen LogP contribution in [0.15, 0.2) is 30.3 Å². The Morgan fingerprint density at radius 1 is 1.20 bits per heavy atom. The lowest BCUT2D eigenvalue weighted by Crippen LogP contribution is -2.19. The van der Waals surface area contributed by atoms with Gasteiger partial charge in [0, 0.05) is 5.16 Å². The first-order valence-corrected chi connectivity index (χ1v) is 6.55. The van der Waals surface area contributed by atoms with Crippen LogP contribution in [0.4, 0.5) is 0 Å². The van der Waals surface area contributed by atoms with Gasteiger partial charge in [-0.25, -0.2) is 0 Å². The summed E-state index contributed by atoms with van der Waals surface area (Å²) in [6.45, 7) is 4.96. The van der Waals surface area contributed by atoms with Crippen LogP contribution in [-0.4, -0.2) is 15.2 Å². The Morgan fingerprint density at radius 3 is 2.07 bits per heavy atom. The Morgan fingerprint density at radius 2 is 1.67 bits per heavy atom. The van der Waals surface area contributed by atoms with Crippen molar-refractivity contribution in [3.8, 4) is 0 Å². The summed E-state index contributed by atoms with van der Waals surface area (Å²) < 4.78 is 12.0. The molecule has 0 amide bonds. The number of aliphatic hydroxyl groups excluding tert-OH is 1. The summed E-state index contributed by atoms with van der Waals surface area (Å²) in [6.07, 6.45) is 0. The maximum atomic E-state index is 12.0. The van der Waals surface area contributed by atoms with Gasteiger partial charge in [0.2, 0.25) is 7.37 Å². The molecule has 0 aliphatic carbocycles. The lowest BCUT2D eigenvalue weighted by molar-refractivity contribution is 0.227. The molecule has 15 heavy (non-hydrogen) atoms. The van der Waals surface area contributed by atoms with Crippen molar-refractivity contribution in [1.82, 2.24) is 0 Å². The number of hydrogen-bond donors (Lipinski definition) is 2. The summed E-state index contributed by atoms with van der Waals surface area (Å²) in [5.74, 6) is -1.31. The van der Waals surface area contributed by atoms with Gasteiger partial charge in [-0.2, -0.15) is 0 Å². The smallest absolute Gasteiger partial charge is 0.237 e. The highest BCUT2D eigenvalue weighted by atomic mass is 31.2. The highest BCUT2D eigenvalue weighted by Crippen LogP contribution is 2.63. The minimum Gasteiger partial charge on any atom is -0.378 e. The third-order valence-electron chi connectivity index (χ3n) is 2.39. The van der Waals surface area contributed by atoms with Crippen molar-refractivity contribution in [3.63, 3.8) is 0 Å². The van der Waals surface area contributed by atoms with Gasteiger partial charge in [-0.1, -0.05) is 51.1 Å². The molecule has 2 unspecified atom stereocenters. The van der Waals surface area contributed by atoms with Gasteiger partial charge in [0.1, 0.15) is 0 Å². The van der Waals surface area contributed by atoms with Gasteiger partial charge in [0.25, 0.3) is 0 Å². The van der Waals surface area contributed by atoms with E-state index in [1.165, 1.54) is 0 Å². The third-order valence-corrected chi connectivity index (χ3v) is 5.27. The van der Waals surface area contributed by atoms with Crippen LogP contribution in [0.1, 0.15) is 32.2 Å². The number of aliphatic hydroxyl groups is 1. The monoisotopic (exact) mass is 228 g/mol. The second-order valence-corrected chi connectivity index (χ2v) is 7.65. The number of hydrogen-bond acceptors (Lipinski definition) is 2. The van der Waals surface area contributed by atoms with E-state index >= 15 is 0 Å². The second kappa shape index (κ2) is 4.09. The van der Waals surface area contributed by atoms with Crippen molar-refractivity contribution in [1.29, 1.82) is 0 Å². The van der Waals surface area contributed by atoms with Crippen LogP contribution in [0.5, 0.6) is 0 Å². The largest absolute Gasteiger partial charge is 0.378 e. The summed E-state index contributed by atoms with van der Waals surface area (Å²) in [5, 5.41) is 9.05. The second-order valence-electron chi connectivity index (χ2n) is 4.58. The van der Waals surface area contributed by atoms with Gasteiger partial charge < -0.3 is 10.00 Å². The van der Waals surface area contributed by atoms with Gasteiger partial charge in [-0.3, -0.25) is 4.57 Å². The van der Waals surface area contributed by atoms with Crippen LogP contribution >= 0.6 is 7.37 Å². The van der Waals surface area contributed by atoms with E-state index in [-0.39, 0.29) is 0 Å². The molecule has 0 aliphatic rings. The molecule has 1 aromatic carbocycles. The van der Waals surface area contributed by atoms with Gasteiger partial charge in [0.15, 0.2) is 5.85 Å². The molecule has 0 radical (unpaired) electrons. The van der Waals surface area contributed by atoms with Crippen LogP contribution in [0.2, 0.25) is 0 Å². The summed E-state index contributed by atoms with van der Waals surface area (Å²) in [5.41, 5.74) is 0.484. The maximum absolute atomic E-state index is 12.0. The molecule has 0 aromatic heterocycles. The Kier molecular flexibility index (Phi) is 3.39. The fourth-order valence-electron chi connectivity index (χ4n) is 1.19. The van der Waals surface area contributed by atoms with Crippen molar-refractivity contribution >= 4 is 7.37 Å². The molecule has 84 valence electrons. The van der Waals surface area contributed by atoms with E-state index in [1.807, 2.05) is 0 Å². The summed E-state index contributed by atoms with van der Waals surface area (Å²) >= 11 is 0. The van der Waals surface area contributed by atoms with Gasteiger partial charge in [-0.15, -0.1) is 0 Å². The fourth-order valence-corrected chi connectivity index (χ4v) is 2.50. The predicted octanol–water partition coefficient (Wildman–Crippen LogP) is 2.75. The first-order chi connectivity index (χ1) is 6.77. The predicted molar refractivity (Wildman–Crippen MR) is 61.0 cm³/mol. The summed E-state index contributed by atoms with van der Waals surface area (Å²) in [6, 6.07) is 8.58. The van der Waals surface area contributed by atoms with E-state index in [1.54, 1.807) is 51.1 Å². The molecular weight excluding hydrogens is 211 g/mol. The Bertz CT molecular complexity index is 367. The molecule has 0 fully saturated rings. The average Bonchev–Trinajstić information content (AvgIpc) is 2.16. The van der Waals surface area contributed by atoms with E-state index < -0.39 is 18.4 Å². The number of benzene rings is 1. The minimum atomic E-state index is -3.63. The van der Waals surface area contributed by atoms with Gasteiger partial charge in [0.05, 0.1) is 0 Å². The normalized spacial score (nSPS) is 18.2. The number of rotatable bonds is 2. The van der Waals surface area contributed by atoms with Crippen molar-refractivity contribution in [2.45, 2.75) is 31.8 Å². The Hall–Kier alpha value is -0.630. The molecule has 0 heterocycles. The molecule has 4 heteroatoms. The molecule has 1 rings (SSSR count). The van der Waals surface area contributed by atoms with Gasteiger partial charge in [-0.05, 0) is 5.56 Å². The van der Waals surface area contributed by atoms with E-state index in [0.717, 1.165) is 0 Å². The van der Waals surface area contributed by atoms with Crippen LogP contribution in [0, 0.1) is 0 Å². The minimum absolute atomic E-state index is 0.484. The molecule has 0 saturated heterocycles. The molecular formula is C11H17O3P. The molecule has 0 aliphatic heterocycles. The zero-order valence-corrected chi connectivity index (χ0v) is 10.1. The van der Waals surface area contributed by atoms with Crippen molar-refractivity contribution < 1.29 is 14.6 Å². The molecule has 0 spiro atoms. The first-order valence-electron chi connectivity index (χ1n) is 4.82. The van der Waals surface area contributed by atoms with Crippen molar-refractivity contribution in [3.05, 3.63) is 35.9 Å². The zero-order chi connectivity index (χ0) is 11.7. The summed E-state index contributed by atoms with van der Waals surface area (Å²) in [4.78, 5) is 9.88. The molecule has 1 aromatic rings. The topological polar surface area (TPSA) is 57.5 Å². The average molecular weight is 228 g/mol. The molecule has 2 N–H and O–H groups in total. The molecule has 0 bridgehead atoms. The lowest BCUT2D eigenvalue weighted by atomic mass is 10.2. The SMILES string of the molecule is CC(C)(C)P(=O)(O)C(O)c1ccccc1. The van der Waals surface area contributed by atoms with E-state index in [0.29, 0.717) is 5.56 Å². The summed E-state index contributed by atoms with van der Waals surface area (Å²) in [7, 11) is -3.63. The van der Waals surface area contributed by atoms with Crippen LogP contribution < -0.4 is 0 Å². The molecule has 0 saturated carbocycles. The highest BCUT2D eigenvalue weighted by Gasteiger charge is 2.41. The van der Waals surface area contributed by atoms with Crippen molar-refractivity contribution in [2.75, 3.05) is 0 Å². The standard InChI is InChI=1S/C11H17O3P/c1-11(2,3)15(13,14)10(12)9-7-5-4-6-8-9/h4-8,10,12H,1-3H3,(H,13,14). The third kappa shape index (κ3) is 2.49.